The van der Waals surface area contributed by atoms with E-state index in [4.69, 9.17) is 10.5 Å². The molecule has 116 valence electrons. The van der Waals surface area contributed by atoms with Gasteiger partial charge in [0.05, 0.1) is 18.7 Å². The van der Waals surface area contributed by atoms with Gasteiger partial charge in [-0.15, -0.1) is 0 Å². The first kappa shape index (κ1) is 16.0. The van der Waals surface area contributed by atoms with E-state index < -0.39 is 6.04 Å². The zero-order valence-electron chi connectivity index (χ0n) is 13.4. The summed E-state index contributed by atoms with van der Waals surface area (Å²) in [6.45, 7) is 9.15. The van der Waals surface area contributed by atoms with Crippen LogP contribution in [-0.2, 0) is 9.53 Å². The number of carbonyl (C=O) groups excluding carboxylic acids is 1. The summed E-state index contributed by atoms with van der Waals surface area (Å²) in [6.07, 6.45) is -0.0638. The third-order valence-electron chi connectivity index (χ3n) is 3.94. The lowest BCUT2D eigenvalue weighted by molar-refractivity contribution is -0.148. The Morgan fingerprint density at radius 1 is 1.29 bits per heavy atom. The third-order valence-corrected chi connectivity index (χ3v) is 3.94. The van der Waals surface area contributed by atoms with Crippen molar-refractivity contribution < 1.29 is 9.53 Å². The number of morpholine rings is 1. The second kappa shape index (κ2) is 6.16. The molecule has 4 nitrogen and oxygen atoms in total. The molecule has 1 amide bonds. The highest BCUT2D eigenvalue weighted by molar-refractivity contribution is 5.82. The molecule has 1 heterocycles. The van der Waals surface area contributed by atoms with Gasteiger partial charge in [0.15, 0.2) is 0 Å². The van der Waals surface area contributed by atoms with Crippen LogP contribution in [0, 0.1) is 5.41 Å². The highest BCUT2D eigenvalue weighted by atomic mass is 16.5. The Balaban J connectivity index is 2.13. The molecule has 4 heteroatoms. The summed E-state index contributed by atoms with van der Waals surface area (Å²) in [4.78, 5) is 14.5. The normalized spacial score (nSPS) is 24.7. The van der Waals surface area contributed by atoms with Gasteiger partial charge in [-0.3, -0.25) is 4.79 Å². The van der Waals surface area contributed by atoms with Crippen molar-refractivity contribution in [3.05, 3.63) is 35.9 Å². The molecule has 2 N–H and O–H groups in total. The maximum Gasteiger partial charge on any atom is 0.240 e. The minimum Gasteiger partial charge on any atom is -0.367 e. The van der Waals surface area contributed by atoms with Crippen LogP contribution in [0.1, 0.15) is 39.4 Å². The van der Waals surface area contributed by atoms with Crippen LogP contribution >= 0.6 is 0 Å². The van der Waals surface area contributed by atoms with Crippen LogP contribution in [0.4, 0.5) is 0 Å². The molecule has 0 aromatic heterocycles. The van der Waals surface area contributed by atoms with Gasteiger partial charge < -0.3 is 15.4 Å². The SMILES string of the molecule is CC1CN(C(=O)[C@@H](N)C(C)(C)C)CC(c2ccccc2)O1. The highest BCUT2D eigenvalue weighted by Crippen LogP contribution is 2.27. The average molecular weight is 290 g/mol. The molecule has 1 aromatic rings. The molecular weight excluding hydrogens is 264 g/mol. The fraction of sp³-hybridized carbons (Fsp3) is 0.588. The van der Waals surface area contributed by atoms with E-state index in [1.54, 1.807) is 0 Å². The minimum atomic E-state index is -0.487. The fourth-order valence-corrected chi connectivity index (χ4v) is 2.55. The smallest absolute Gasteiger partial charge is 0.240 e. The van der Waals surface area contributed by atoms with Gasteiger partial charge >= 0.3 is 0 Å². The Kier molecular flexibility index (Phi) is 4.69. The minimum absolute atomic E-state index is 0.0126. The zero-order valence-corrected chi connectivity index (χ0v) is 13.4. The van der Waals surface area contributed by atoms with Gasteiger partial charge in [0.2, 0.25) is 5.91 Å². The van der Waals surface area contributed by atoms with Crippen LogP contribution in [0.5, 0.6) is 0 Å². The van der Waals surface area contributed by atoms with Crippen molar-refractivity contribution in [1.29, 1.82) is 0 Å². The van der Waals surface area contributed by atoms with E-state index in [0.717, 1.165) is 5.56 Å². The maximum atomic E-state index is 12.6. The number of benzene rings is 1. The number of hydrogen-bond donors (Lipinski definition) is 1. The van der Waals surface area contributed by atoms with Gasteiger partial charge in [0.25, 0.3) is 0 Å². The van der Waals surface area contributed by atoms with Gasteiger partial charge in [-0.05, 0) is 17.9 Å². The van der Waals surface area contributed by atoms with Gasteiger partial charge in [0, 0.05) is 6.54 Å². The van der Waals surface area contributed by atoms with Gasteiger partial charge in [-0.25, -0.2) is 0 Å². The molecule has 21 heavy (non-hydrogen) atoms. The number of nitrogens with two attached hydrogens (primary N) is 1. The van der Waals surface area contributed by atoms with Gasteiger partial charge in [0.1, 0.15) is 6.10 Å². The predicted octanol–water partition coefficient (Wildman–Crippen LogP) is 2.35. The topological polar surface area (TPSA) is 55.6 Å². The molecule has 2 rings (SSSR count). The lowest BCUT2D eigenvalue weighted by Gasteiger charge is -2.40. The average Bonchev–Trinajstić information content (AvgIpc) is 2.45. The Morgan fingerprint density at radius 3 is 2.48 bits per heavy atom. The van der Waals surface area contributed by atoms with Crippen LogP contribution in [0.2, 0.25) is 0 Å². The quantitative estimate of drug-likeness (QED) is 0.909. The van der Waals surface area contributed by atoms with Crippen LogP contribution in [0.3, 0.4) is 0 Å². The van der Waals surface area contributed by atoms with Crippen molar-refractivity contribution in [2.45, 2.75) is 45.9 Å². The van der Waals surface area contributed by atoms with E-state index >= 15 is 0 Å². The molecule has 1 aliphatic rings. The lowest BCUT2D eigenvalue weighted by atomic mass is 9.86. The summed E-state index contributed by atoms with van der Waals surface area (Å²) in [6, 6.07) is 9.55. The van der Waals surface area contributed by atoms with Gasteiger partial charge in [-0.1, -0.05) is 51.1 Å². The molecule has 0 bridgehead atoms. The highest BCUT2D eigenvalue weighted by Gasteiger charge is 2.35. The molecule has 1 aliphatic heterocycles. The molecule has 0 radical (unpaired) electrons. The number of nitrogens with zero attached hydrogens (tertiary/aromatic N) is 1. The van der Waals surface area contributed by atoms with E-state index in [2.05, 4.69) is 0 Å². The van der Waals surface area contributed by atoms with Crippen molar-refractivity contribution in [3.63, 3.8) is 0 Å². The second-order valence-electron chi connectivity index (χ2n) is 6.93. The first-order valence-electron chi connectivity index (χ1n) is 7.54. The third kappa shape index (κ3) is 3.83. The van der Waals surface area contributed by atoms with Crippen molar-refractivity contribution in [3.8, 4) is 0 Å². The predicted molar refractivity (Wildman–Crippen MR) is 83.7 cm³/mol. The van der Waals surface area contributed by atoms with Crippen LogP contribution in [-0.4, -0.2) is 36.0 Å². The summed E-state index contributed by atoms with van der Waals surface area (Å²) in [5.41, 5.74) is 6.99. The number of rotatable bonds is 2. The second-order valence-corrected chi connectivity index (χ2v) is 6.93. The summed E-state index contributed by atoms with van der Waals surface area (Å²) >= 11 is 0. The Bertz CT molecular complexity index is 481. The van der Waals surface area contributed by atoms with Crippen molar-refractivity contribution in [1.82, 2.24) is 4.90 Å². The number of carbonyl (C=O) groups is 1. The number of ether oxygens (including phenoxy) is 1. The molecule has 1 saturated heterocycles. The maximum absolute atomic E-state index is 12.6. The van der Waals surface area contributed by atoms with E-state index in [1.807, 2.05) is 62.9 Å². The Labute approximate surface area is 127 Å². The zero-order chi connectivity index (χ0) is 15.6. The number of amides is 1. The van der Waals surface area contributed by atoms with Crippen LogP contribution in [0.25, 0.3) is 0 Å². The van der Waals surface area contributed by atoms with Crippen LogP contribution in [0.15, 0.2) is 30.3 Å². The Hall–Kier alpha value is -1.39. The molecule has 0 saturated carbocycles. The standard InChI is InChI=1S/C17H26N2O2/c1-12-10-19(16(20)15(18)17(2,3)4)11-14(21-12)13-8-6-5-7-9-13/h5-9,12,14-15H,10-11,18H2,1-4H3/t12?,14?,15-/m1/s1. The van der Waals surface area contributed by atoms with Crippen LogP contribution < -0.4 is 5.73 Å². The molecule has 2 unspecified atom stereocenters. The summed E-state index contributed by atoms with van der Waals surface area (Å²) < 4.78 is 5.98. The number of hydrogen-bond acceptors (Lipinski definition) is 3. The lowest BCUT2D eigenvalue weighted by Crippen LogP contribution is -2.55. The molecule has 3 atom stereocenters. The summed E-state index contributed by atoms with van der Waals surface area (Å²) in [5.74, 6) is 0.0126. The molecule has 1 fully saturated rings. The Morgan fingerprint density at radius 2 is 1.90 bits per heavy atom. The molecule has 0 aliphatic carbocycles. The van der Waals surface area contributed by atoms with E-state index in [0.29, 0.717) is 13.1 Å². The van der Waals surface area contributed by atoms with E-state index in [-0.39, 0.29) is 23.5 Å². The molecule has 0 spiro atoms. The fourth-order valence-electron chi connectivity index (χ4n) is 2.55. The largest absolute Gasteiger partial charge is 0.367 e. The van der Waals surface area contributed by atoms with Crippen molar-refractivity contribution >= 4 is 5.91 Å². The van der Waals surface area contributed by atoms with Crippen molar-refractivity contribution in [2.75, 3.05) is 13.1 Å². The monoisotopic (exact) mass is 290 g/mol. The van der Waals surface area contributed by atoms with Crippen molar-refractivity contribution in [2.24, 2.45) is 11.1 Å². The van der Waals surface area contributed by atoms with Gasteiger partial charge in [-0.2, -0.15) is 0 Å². The van der Waals surface area contributed by atoms with E-state index in [1.165, 1.54) is 0 Å². The summed E-state index contributed by atoms with van der Waals surface area (Å²) in [5, 5.41) is 0. The van der Waals surface area contributed by atoms with E-state index in [9.17, 15) is 4.79 Å². The molecule has 1 aromatic carbocycles. The first-order valence-corrected chi connectivity index (χ1v) is 7.54. The molecular formula is C17H26N2O2. The summed E-state index contributed by atoms with van der Waals surface area (Å²) in [7, 11) is 0. The first-order chi connectivity index (χ1) is 9.79.